The summed E-state index contributed by atoms with van der Waals surface area (Å²) < 4.78 is 66.6. The van der Waals surface area contributed by atoms with E-state index in [0.29, 0.717) is 0 Å². The van der Waals surface area contributed by atoms with E-state index < -0.39 is 157 Å². The summed E-state index contributed by atoms with van der Waals surface area (Å²) in [4.78, 5) is 41.1. The van der Waals surface area contributed by atoms with Gasteiger partial charge in [0.25, 0.3) is 0 Å². The van der Waals surface area contributed by atoms with Crippen LogP contribution in [0.4, 0.5) is 0 Å². The number of benzene rings is 4. The summed E-state index contributed by atoms with van der Waals surface area (Å²) in [7, 11) is 5.12. The van der Waals surface area contributed by atoms with Gasteiger partial charge in [0, 0.05) is 29.8 Å². The van der Waals surface area contributed by atoms with Gasteiger partial charge in [0.2, 0.25) is 17.8 Å². The molecule has 28 nitrogen and oxygen atoms in total. The number of hydrogen-bond donors (Lipinski definition) is 13. The van der Waals surface area contributed by atoms with E-state index in [0.717, 1.165) is 24.3 Å². The van der Waals surface area contributed by atoms with Crippen molar-refractivity contribution in [3.8, 4) is 63.1 Å². The number of phenols is 3. The molecule has 3 aliphatic heterocycles. The van der Waals surface area contributed by atoms with E-state index >= 15 is 0 Å². The van der Waals surface area contributed by atoms with Gasteiger partial charge in [-0.1, -0.05) is 0 Å². The minimum atomic E-state index is -2.19. The molecule has 3 saturated heterocycles. The lowest BCUT2D eigenvalue weighted by Crippen LogP contribution is -2.61. The second-order valence-corrected chi connectivity index (χ2v) is 19.0. The number of ether oxygens (including phenoxy) is 11. The SMILES string of the molecule is COc1cc(/C=C/C(=O)Oc2cc3oc(-c4ccc(O[C@@H]5O[C@H](CO)[C@@H](O)[C@H](O)[C@H]5O)cc4)cc(=O)c3c(O)c2[C@@H]2O[C@H](CO[C@@H]3O[C@H](CO)[C@@H](O)[C@H](O)[C@H]3OC(=O)/C=C/c3cc(OC)c(O)c(OC)c3)[C@@H](O)[C@H](O)[C@H]2O)cc(OC)c1O. The molecule has 5 aromatic rings. The summed E-state index contributed by atoms with van der Waals surface area (Å²) in [5.74, 6) is -4.79. The molecule has 4 aromatic carbocycles. The summed E-state index contributed by atoms with van der Waals surface area (Å²) in [6.07, 6.45) is -23.0. The van der Waals surface area contributed by atoms with E-state index in [1.165, 1.54) is 89.1 Å². The van der Waals surface area contributed by atoms with Crippen molar-refractivity contribution in [3.63, 3.8) is 0 Å². The van der Waals surface area contributed by atoms with Gasteiger partial charge in [-0.2, -0.15) is 0 Å². The van der Waals surface area contributed by atoms with Crippen molar-refractivity contribution in [2.75, 3.05) is 48.3 Å². The Bertz CT molecular complexity index is 3180. The molecule has 3 fully saturated rings. The smallest absolute Gasteiger partial charge is 0.336 e. The lowest BCUT2D eigenvalue weighted by molar-refractivity contribution is -0.316. The quantitative estimate of drug-likeness (QED) is 0.0268. The van der Waals surface area contributed by atoms with Crippen molar-refractivity contribution >= 4 is 35.1 Å². The highest BCUT2D eigenvalue weighted by molar-refractivity contribution is 5.93. The molecule has 0 aliphatic carbocycles. The number of esters is 2. The third-order valence-electron chi connectivity index (χ3n) is 13.8. The molecule has 0 unspecified atom stereocenters. The Morgan fingerprint density at radius 1 is 0.554 bits per heavy atom. The fourth-order valence-corrected chi connectivity index (χ4v) is 9.29. The third kappa shape index (κ3) is 13.0. The third-order valence-corrected chi connectivity index (χ3v) is 13.8. The Morgan fingerprint density at radius 2 is 1.06 bits per heavy atom. The van der Waals surface area contributed by atoms with Gasteiger partial charge in [-0.25, -0.2) is 9.59 Å². The molecule has 0 saturated carbocycles. The first kappa shape index (κ1) is 61.4. The number of carbonyl (C=O) groups excluding carboxylic acids is 2. The van der Waals surface area contributed by atoms with Crippen LogP contribution in [0.15, 0.2) is 82.0 Å². The van der Waals surface area contributed by atoms with Gasteiger partial charge >= 0.3 is 11.9 Å². The molecule has 15 atom stereocenters. The molecule has 13 N–H and O–H groups in total. The van der Waals surface area contributed by atoms with E-state index in [9.17, 15) is 80.8 Å². The first-order valence-corrected chi connectivity index (χ1v) is 25.2. The first-order valence-electron chi connectivity index (χ1n) is 25.2. The number of hydrogen-bond acceptors (Lipinski definition) is 28. The second-order valence-electron chi connectivity index (χ2n) is 19.0. The average Bonchev–Trinajstić information content (AvgIpc) is 3.63. The molecule has 0 radical (unpaired) electrons. The van der Waals surface area contributed by atoms with Crippen LogP contribution in [0.3, 0.4) is 0 Å². The van der Waals surface area contributed by atoms with E-state index in [1.807, 2.05) is 0 Å². The van der Waals surface area contributed by atoms with Gasteiger partial charge in [-0.15, -0.1) is 0 Å². The Kier molecular flexibility index (Phi) is 19.5. The second kappa shape index (κ2) is 26.3. The summed E-state index contributed by atoms with van der Waals surface area (Å²) in [6.45, 7) is -2.48. The molecule has 4 heterocycles. The highest BCUT2D eigenvalue weighted by Gasteiger charge is 2.51. The minimum absolute atomic E-state index is 0.00360. The molecular weight excluding hydrogens is 1110 g/mol. The zero-order valence-electron chi connectivity index (χ0n) is 44.3. The first-order chi connectivity index (χ1) is 39.6. The van der Waals surface area contributed by atoms with Gasteiger partial charge in [-0.3, -0.25) is 4.79 Å². The molecule has 0 bridgehead atoms. The van der Waals surface area contributed by atoms with E-state index in [1.54, 1.807) is 0 Å². The van der Waals surface area contributed by atoms with Crippen molar-refractivity contribution in [2.24, 2.45) is 0 Å². The van der Waals surface area contributed by atoms with E-state index in [-0.39, 0.29) is 62.7 Å². The van der Waals surface area contributed by atoms with Crippen molar-refractivity contribution in [3.05, 3.63) is 99.7 Å². The summed E-state index contributed by atoms with van der Waals surface area (Å²) in [6, 6.07) is 12.9. The van der Waals surface area contributed by atoms with Crippen molar-refractivity contribution in [1.82, 2.24) is 0 Å². The van der Waals surface area contributed by atoms with Crippen LogP contribution < -0.4 is 33.8 Å². The van der Waals surface area contributed by atoms with Gasteiger partial charge in [0.05, 0.1) is 53.8 Å². The predicted octanol–water partition coefficient (Wildman–Crippen LogP) is -0.988. The van der Waals surface area contributed by atoms with Crippen molar-refractivity contribution in [2.45, 2.75) is 91.9 Å². The molecule has 28 heteroatoms. The molecule has 1 aromatic heterocycles. The lowest BCUT2D eigenvalue weighted by atomic mass is 9.89. The number of rotatable bonds is 19. The molecule has 448 valence electrons. The normalized spacial score (nSPS) is 28.2. The fourth-order valence-electron chi connectivity index (χ4n) is 9.29. The van der Waals surface area contributed by atoms with Crippen LogP contribution in [0.25, 0.3) is 34.4 Å². The van der Waals surface area contributed by atoms with Crippen LogP contribution in [-0.2, 0) is 33.3 Å². The summed E-state index contributed by atoms with van der Waals surface area (Å²) in [5.41, 5.74) is -1.26. The molecule has 0 spiro atoms. The van der Waals surface area contributed by atoms with Gasteiger partial charge < -0.3 is 123 Å². The predicted molar refractivity (Wildman–Crippen MR) is 279 cm³/mol. The average molecular weight is 1170 g/mol. The number of aliphatic hydroxyl groups excluding tert-OH is 10. The molecule has 0 amide bonds. The molecule has 83 heavy (non-hydrogen) atoms. The highest BCUT2D eigenvalue weighted by atomic mass is 16.7. The number of aromatic hydroxyl groups is 3. The Hall–Kier alpha value is -7.65. The number of carbonyl (C=O) groups is 2. The Balaban J connectivity index is 1.10. The topological polar surface area (TPSA) is 429 Å². The number of fused-ring (bicyclic) bond motifs is 1. The van der Waals surface area contributed by atoms with Crippen molar-refractivity contribution < 1.29 is 132 Å². The maximum Gasteiger partial charge on any atom is 0.336 e. The Labute approximate surface area is 469 Å². The monoisotopic (exact) mass is 1170 g/mol. The zero-order chi connectivity index (χ0) is 60.1. The standard InChI is InChI=1S/C55H60O28/c1-72-30-13-22(14-31(73-2)41(30)61)5-11-37(59)79-29-18-28-39(26(58)17-27(78-28)24-7-9-25(10-8-24)77-54-51(71)48(68)43(63)34(19-56)81-54)46(66)40(29)52-50(70)47(67)45(65)36(80-52)21-76-55-53(49(69)44(64)35(20-57)82-55)83-38(60)12-6-23-15-32(74-3)42(62)33(16-23)75-4/h5-18,34-36,43-45,47-57,61-71H,19-21H2,1-4H3/b11-5+,12-6+/t34-,35-,36-,43-,44-,45-,47+,48+,49+,50-,51-,52+,53-,54-,55-/m1/s1. The van der Waals surface area contributed by atoms with E-state index in [2.05, 4.69) is 0 Å². The molecule has 8 rings (SSSR count). The highest BCUT2D eigenvalue weighted by Crippen LogP contribution is 2.46. The lowest BCUT2D eigenvalue weighted by Gasteiger charge is -2.43. The van der Waals surface area contributed by atoms with Crippen molar-refractivity contribution in [1.29, 1.82) is 0 Å². The maximum absolute atomic E-state index is 14.1. The van der Waals surface area contributed by atoms with Crippen LogP contribution in [0.1, 0.15) is 22.8 Å². The van der Waals surface area contributed by atoms with Gasteiger partial charge in [0.15, 0.2) is 40.8 Å². The largest absolute Gasteiger partial charge is 0.506 e. The van der Waals surface area contributed by atoms with Gasteiger partial charge in [-0.05, 0) is 71.8 Å². The summed E-state index contributed by atoms with van der Waals surface area (Å²) >= 11 is 0. The van der Waals surface area contributed by atoms with Crippen LogP contribution in [0.2, 0.25) is 0 Å². The zero-order valence-corrected chi connectivity index (χ0v) is 44.3. The van der Waals surface area contributed by atoms with Crippen LogP contribution >= 0.6 is 0 Å². The number of aliphatic hydroxyl groups is 10. The number of phenolic OH excluding ortho intramolecular Hbond substituents is 3. The molecular formula is C55H60O28. The van der Waals surface area contributed by atoms with Crippen LogP contribution in [-0.4, -0.2) is 212 Å². The van der Waals surface area contributed by atoms with Crippen LogP contribution in [0, 0.1) is 0 Å². The number of methoxy groups -OCH3 is 4. The van der Waals surface area contributed by atoms with Gasteiger partial charge in [0.1, 0.15) is 107 Å². The van der Waals surface area contributed by atoms with Crippen LogP contribution in [0.5, 0.6) is 51.7 Å². The van der Waals surface area contributed by atoms with E-state index in [4.69, 9.17) is 56.5 Å². The molecule has 3 aliphatic rings. The Morgan fingerprint density at radius 3 is 1.60 bits per heavy atom. The summed E-state index contributed by atoms with van der Waals surface area (Å²) in [5, 5.41) is 139. The fraction of sp³-hybridized carbons (Fsp3) is 0.400. The minimum Gasteiger partial charge on any atom is -0.506 e. The maximum atomic E-state index is 14.1.